The molecule has 2 aliphatic heterocycles. The number of aliphatic hydroxyl groups excluding tert-OH is 1. The van der Waals surface area contributed by atoms with Gasteiger partial charge in [0.2, 0.25) is 5.91 Å². The smallest absolute Gasteiger partial charge is 0.353 e. The van der Waals surface area contributed by atoms with Crippen LogP contribution in [-0.4, -0.2) is 57.8 Å². The second-order valence-electron chi connectivity index (χ2n) is 4.73. The summed E-state index contributed by atoms with van der Waals surface area (Å²) in [5.41, 5.74) is 5.19. The van der Waals surface area contributed by atoms with Crippen LogP contribution in [0.4, 0.5) is 0 Å². The second-order valence-corrected chi connectivity index (χ2v) is 5.92. The number of rotatable bonds is 6. The molecule has 3 atom stereocenters. The zero-order valence-electron chi connectivity index (χ0n) is 11.0. The number of thioether (sulfide) groups is 1. The third-order valence-corrected chi connectivity index (χ3v) is 4.59. The molecule has 110 valence electrons. The van der Waals surface area contributed by atoms with Crippen LogP contribution in [0.1, 0.15) is 13.3 Å². The molecule has 2 heterocycles. The van der Waals surface area contributed by atoms with Gasteiger partial charge in [0.1, 0.15) is 5.70 Å². The van der Waals surface area contributed by atoms with Crippen molar-refractivity contribution in [3.05, 3.63) is 10.6 Å². The molecule has 1 saturated heterocycles. The van der Waals surface area contributed by atoms with Crippen LogP contribution >= 0.6 is 11.8 Å². The molecule has 1 amide bonds. The van der Waals surface area contributed by atoms with E-state index in [0.717, 1.165) is 0 Å². The van der Waals surface area contributed by atoms with Gasteiger partial charge in [-0.3, -0.25) is 9.79 Å². The topological polar surface area (TPSA) is 116 Å². The lowest BCUT2D eigenvalue weighted by Crippen LogP contribution is -2.61. The van der Waals surface area contributed by atoms with Crippen LogP contribution < -0.4 is 5.73 Å². The van der Waals surface area contributed by atoms with Crippen LogP contribution in [-0.2, 0) is 9.59 Å². The van der Waals surface area contributed by atoms with E-state index >= 15 is 0 Å². The summed E-state index contributed by atoms with van der Waals surface area (Å²) in [4.78, 5) is 29.1. The zero-order chi connectivity index (χ0) is 14.9. The predicted molar refractivity (Wildman–Crippen MR) is 75.1 cm³/mol. The first kappa shape index (κ1) is 14.9. The Morgan fingerprint density at radius 2 is 2.40 bits per heavy atom. The highest BCUT2D eigenvalue weighted by Crippen LogP contribution is 2.46. The highest BCUT2D eigenvalue weighted by Gasteiger charge is 2.56. The lowest BCUT2D eigenvalue weighted by molar-refractivity contribution is -0.161. The number of aliphatic hydroxyl groups is 1. The molecule has 2 aliphatic rings. The van der Waals surface area contributed by atoms with Gasteiger partial charge in [-0.15, -0.1) is 11.8 Å². The van der Waals surface area contributed by atoms with E-state index in [4.69, 9.17) is 5.73 Å². The number of carbonyl (C=O) groups excluding carboxylic acids is 1. The molecular formula is C12H17N3O4S. The molecule has 0 unspecified atom stereocenters. The van der Waals surface area contributed by atoms with Crippen molar-refractivity contribution in [2.24, 2.45) is 16.6 Å². The standard InChI is InChI=1S/C12H17N3O4S/c1-6(16)9-7-4-8(20-3-2-14-5-13)10(12(18)19)15(7)11(9)17/h5-7,9,16H,2-4H2,1H3,(H2,13,14)(H,18,19)/t6-,7+,9-/m1/s1. The summed E-state index contributed by atoms with van der Waals surface area (Å²) in [7, 11) is 0. The summed E-state index contributed by atoms with van der Waals surface area (Å²) in [5.74, 6) is -1.30. The number of carboxylic acids is 1. The largest absolute Gasteiger partial charge is 0.477 e. The maximum absolute atomic E-state index is 11.9. The van der Waals surface area contributed by atoms with E-state index in [0.29, 0.717) is 23.6 Å². The first-order chi connectivity index (χ1) is 9.49. The number of carboxylic acid groups (broad SMARTS) is 1. The number of aliphatic carboxylic acids is 1. The zero-order valence-corrected chi connectivity index (χ0v) is 11.8. The molecule has 4 N–H and O–H groups in total. The minimum atomic E-state index is -1.10. The number of fused-ring (bicyclic) bond motifs is 1. The fraction of sp³-hybridized carbons (Fsp3) is 0.583. The van der Waals surface area contributed by atoms with Crippen LogP contribution in [0.5, 0.6) is 0 Å². The van der Waals surface area contributed by atoms with Gasteiger partial charge in [0.25, 0.3) is 0 Å². The SMILES string of the molecule is C[C@@H](O)[C@H]1C(=O)N2C(C(=O)O)=C(SCCN=CN)C[C@@H]12. The average Bonchev–Trinajstić information content (AvgIpc) is 2.69. The third-order valence-electron chi connectivity index (χ3n) is 3.49. The molecule has 0 saturated carbocycles. The number of aliphatic imine (C=N–C) groups is 1. The molecule has 20 heavy (non-hydrogen) atoms. The molecule has 0 aromatic rings. The summed E-state index contributed by atoms with van der Waals surface area (Å²) in [6, 6.07) is -0.228. The van der Waals surface area contributed by atoms with Crippen molar-refractivity contribution >= 4 is 30.0 Å². The molecule has 7 nitrogen and oxygen atoms in total. The number of carbonyl (C=O) groups is 2. The minimum Gasteiger partial charge on any atom is -0.477 e. The Hall–Kier alpha value is -1.54. The van der Waals surface area contributed by atoms with Crippen molar-refractivity contribution in [3.63, 3.8) is 0 Å². The Morgan fingerprint density at radius 1 is 1.70 bits per heavy atom. The van der Waals surface area contributed by atoms with Gasteiger partial charge in [-0.05, 0) is 6.92 Å². The van der Waals surface area contributed by atoms with E-state index in [1.165, 1.54) is 23.0 Å². The Labute approximate surface area is 120 Å². The highest BCUT2D eigenvalue weighted by molar-refractivity contribution is 8.03. The van der Waals surface area contributed by atoms with E-state index in [1.807, 2.05) is 0 Å². The molecule has 2 rings (SSSR count). The van der Waals surface area contributed by atoms with Gasteiger partial charge >= 0.3 is 5.97 Å². The van der Waals surface area contributed by atoms with E-state index in [9.17, 15) is 19.8 Å². The predicted octanol–water partition coefficient (Wildman–Crippen LogP) is -0.386. The van der Waals surface area contributed by atoms with Crippen LogP contribution in [0.15, 0.2) is 15.6 Å². The molecule has 1 fully saturated rings. The lowest BCUT2D eigenvalue weighted by Gasteiger charge is -2.44. The van der Waals surface area contributed by atoms with E-state index in [1.54, 1.807) is 6.92 Å². The molecule has 0 bridgehead atoms. The fourth-order valence-corrected chi connectivity index (χ4v) is 3.71. The van der Waals surface area contributed by atoms with Crippen molar-refractivity contribution in [3.8, 4) is 0 Å². The summed E-state index contributed by atoms with van der Waals surface area (Å²) >= 11 is 1.38. The number of hydrogen-bond acceptors (Lipinski definition) is 5. The molecule has 0 aromatic heterocycles. The van der Waals surface area contributed by atoms with Crippen molar-refractivity contribution in [2.45, 2.75) is 25.5 Å². The van der Waals surface area contributed by atoms with Crippen molar-refractivity contribution in [2.75, 3.05) is 12.3 Å². The summed E-state index contributed by atoms with van der Waals surface area (Å²) in [6.45, 7) is 2.05. The average molecular weight is 299 g/mol. The Bertz CT molecular complexity index is 489. The molecule has 8 heteroatoms. The number of hydrogen-bond donors (Lipinski definition) is 3. The monoisotopic (exact) mass is 299 g/mol. The summed E-state index contributed by atoms with van der Waals surface area (Å²) in [6.07, 6.45) is 0.937. The Morgan fingerprint density at radius 3 is 2.95 bits per heavy atom. The van der Waals surface area contributed by atoms with Crippen LogP contribution in [0.25, 0.3) is 0 Å². The first-order valence-corrected chi connectivity index (χ1v) is 7.28. The summed E-state index contributed by atoms with van der Waals surface area (Å²) < 4.78 is 0. The van der Waals surface area contributed by atoms with Crippen LogP contribution in [0.3, 0.4) is 0 Å². The first-order valence-electron chi connectivity index (χ1n) is 6.29. The number of amides is 1. The van der Waals surface area contributed by atoms with Crippen LogP contribution in [0, 0.1) is 5.92 Å². The van der Waals surface area contributed by atoms with Gasteiger partial charge < -0.3 is 20.8 Å². The van der Waals surface area contributed by atoms with Gasteiger partial charge in [-0.2, -0.15) is 0 Å². The Kier molecular flexibility index (Phi) is 4.34. The maximum atomic E-state index is 11.9. The van der Waals surface area contributed by atoms with E-state index in [-0.39, 0.29) is 17.6 Å². The second kappa shape index (κ2) is 5.84. The molecule has 0 aromatic carbocycles. The van der Waals surface area contributed by atoms with Crippen molar-refractivity contribution < 1.29 is 19.8 Å². The number of nitrogens with two attached hydrogens (primary N) is 1. The third kappa shape index (κ3) is 2.40. The molecule has 0 radical (unpaired) electrons. The highest BCUT2D eigenvalue weighted by atomic mass is 32.2. The van der Waals surface area contributed by atoms with Gasteiger partial charge in [-0.25, -0.2) is 4.79 Å². The Balaban J connectivity index is 2.11. The van der Waals surface area contributed by atoms with Gasteiger partial charge in [0.15, 0.2) is 0 Å². The maximum Gasteiger partial charge on any atom is 0.353 e. The van der Waals surface area contributed by atoms with Gasteiger partial charge in [0.05, 0.1) is 30.9 Å². The van der Waals surface area contributed by atoms with Gasteiger partial charge in [0, 0.05) is 17.1 Å². The van der Waals surface area contributed by atoms with Crippen LogP contribution in [0.2, 0.25) is 0 Å². The fourth-order valence-electron chi connectivity index (χ4n) is 2.66. The van der Waals surface area contributed by atoms with Crippen molar-refractivity contribution in [1.82, 2.24) is 4.90 Å². The number of nitrogens with zero attached hydrogens (tertiary/aromatic N) is 2. The van der Waals surface area contributed by atoms with Gasteiger partial charge in [-0.1, -0.05) is 0 Å². The molecule has 0 aliphatic carbocycles. The molecule has 0 spiro atoms. The normalized spacial score (nSPS) is 26.9. The number of β-lactam (4-membered cyclic amide) rings is 1. The minimum absolute atomic E-state index is 0.0543. The quantitative estimate of drug-likeness (QED) is 0.266. The lowest BCUT2D eigenvalue weighted by atomic mass is 9.83. The van der Waals surface area contributed by atoms with Crippen molar-refractivity contribution in [1.29, 1.82) is 0 Å². The van der Waals surface area contributed by atoms with E-state index < -0.39 is 18.0 Å². The van der Waals surface area contributed by atoms with E-state index in [2.05, 4.69) is 4.99 Å². The summed E-state index contributed by atoms with van der Waals surface area (Å²) in [5, 5.41) is 18.9. The molecular weight excluding hydrogens is 282 g/mol.